The Labute approximate surface area is 178 Å². The van der Waals surface area contributed by atoms with E-state index in [0.29, 0.717) is 32.9 Å². The Morgan fingerprint density at radius 1 is 1.17 bits per heavy atom. The highest BCUT2D eigenvalue weighted by Gasteiger charge is 2.14. The molecule has 0 radical (unpaired) electrons. The Morgan fingerprint density at radius 2 is 1.90 bits per heavy atom. The highest BCUT2D eigenvalue weighted by atomic mass is 79.9. The Bertz CT molecular complexity index is 1230. The number of carbonyl (C=O) groups is 1. The number of amides is 1. The first-order valence-corrected chi connectivity index (χ1v) is 10.6. The lowest BCUT2D eigenvalue weighted by Gasteiger charge is -2.09. The zero-order chi connectivity index (χ0) is 20.4. The van der Waals surface area contributed by atoms with E-state index in [2.05, 4.69) is 41.4 Å². The quantitative estimate of drug-likeness (QED) is 0.373. The zero-order valence-electron chi connectivity index (χ0n) is 15.4. The van der Waals surface area contributed by atoms with Gasteiger partial charge in [0.15, 0.2) is 5.16 Å². The van der Waals surface area contributed by atoms with Gasteiger partial charge in [-0.2, -0.15) is 0 Å². The van der Waals surface area contributed by atoms with Gasteiger partial charge in [0.2, 0.25) is 5.91 Å². The third kappa shape index (κ3) is 4.43. The first-order chi connectivity index (χ1) is 14.0. The van der Waals surface area contributed by atoms with E-state index in [-0.39, 0.29) is 17.3 Å². The number of aromatic nitrogens is 5. The maximum Gasteiger partial charge on any atom is 0.323 e. The molecule has 0 unspecified atom stereocenters. The monoisotopic (exact) mass is 472 g/mol. The first-order valence-electron chi connectivity index (χ1n) is 8.77. The number of fused-ring (bicyclic) bond motifs is 1. The minimum Gasteiger partial charge on any atom is -0.324 e. The number of benzene rings is 2. The normalized spacial score (nSPS) is 11.1. The summed E-state index contributed by atoms with van der Waals surface area (Å²) in [6.45, 7) is 2.54. The molecule has 2 heterocycles. The van der Waals surface area contributed by atoms with Gasteiger partial charge in [-0.15, -0.1) is 10.2 Å². The third-order valence-electron chi connectivity index (χ3n) is 4.30. The number of hydrogen-bond donors (Lipinski definition) is 3. The molecule has 0 atom stereocenters. The number of nitrogens with one attached hydrogen (secondary N) is 3. The second-order valence-electron chi connectivity index (χ2n) is 6.40. The summed E-state index contributed by atoms with van der Waals surface area (Å²) >= 11 is 4.75. The van der Waals surface area contributed by atoms with Crippen LogP contribution in [0.1, 0.15) is 11.4 Å². The van der Waals surface area contributed by atoms with Crippen LogP contribution in [-0.2, 0) is 11.3 Å². The average molecular weight is 473 g/mol. The summed E-state index contributed by atoms with van der Waals surface area (Å²) in [7, 11) is 0. The maximum atomic E-state index is 12.5. The highest BCUT2D eigenvalue weighted by molar-refractivity contribution is 9.10. The fraction of sp³-hybridized carbons (Fsp3) is 0.158. The smallest absolute Gasteiger partial charge is 0.323 e. The van der Waals surface area contributed by atoms with E-state index in [0.717, 1.165) is 11.4 Å². The maximum absolute atomic E-state index is 12.5. The molecule has 2 aromatic carbocycles. The van der Waals surface area contributed by atoms with Crippen molar-refractivity contribution in [3.63, 3.8) is 0 Å². The van der Waals surface area contributed by atoms with Crippen LogP contribution in [0.5, 0.6) is 0 Å². The molecule has 10 heteroatoms. The van der Waals surface area contributed by atoms with Crippen molar-refractivity contribution in [2.45, 2.75) is 18.6 Å². The molecule has 0 spiro atoms. The van der Waals surface area contributed by atoms with Crippen molar-refractivity contribution >= 4 is 50.3 Å². The Kier molecular flexibility index (Phi) is 5.54. The van der Waals surface area contributed by atoms with Crippen LogP contribution in [0, 0.1) is 6.92 Å². The molecule has 4 rings (SSSR count). The fourth-order valence-corrected chi connectivity index (χ4v) is 4.11. The summed E-state index contributed by atoms with van der Waals surface area (Å²) in [4.78, 5) is 29.3. The van der Waals surface area contributed by atoms with Gasteiger partial charge in [0, 0.05) is 4.47 Å². The molecular formula is C19H17BrN6O2S. The largest absolute Gasteiger partial charge is 0.324 e. The molecule has 4 aromatic rings. The predicted octanol–water partition coefficient (Wildman–Crippen LogP) is 3.30. The number of aromatic amines is 2. The van der Waals surface area contributed by atoms with Crippen molar-refractivity contribution in [3.8, 4) is 0 Å². The van der Waals surface area contributed by atoms with E-state index in [4.69, 9.17) is 0 Å². The van der Waals surface area contributed by atoms with E-state index in [1.807, 2.05) is 41.8 Å². The molecule has 29 heavy (non-hydrogen) atoms. The number of rotatable bonds is 6. The van der Waals surface area contributed by atoms with Crippen molar-refractivity contribution < 1.29 is 4.79 Å². The number of aryl methyl sites for hydroxylation is 1. The molecule has 0 saturated heterocycles. The number of hydrogen-bond acceptors (Lipinski definition) is 5. The van der Waals surface area contributed by atoms with Crippen molar-refractivity contribution in [2.75, 3.05) is 11.1 Å². The van der Waals surface area contributed by atoms with Gasteiger partial charge in [0.1, 0.15) is 5.82 Å². The SMILES string of the molecule is Cc1nnc(SCC(=O)Nc2cc3[nH]c(=O)[nH]c3cc2Br)n1Cc1ccccc1. The van der Waals surface area contributed by atoms with Crippen LogP contribution in [0.25, 0.3) is 11.0 Å². The third-order valence-corrected chi connectivity index (χ3v) is 5.92. The van der Waals surface area contributed by atoms with Gasteiger partial charge < -0.3 is 19.9 Å². The molecule has 0 bridgehead atoms. The summed E-state index contributed by atoms with van der Waals surface area (Å²) in [6.07, 6.45) is 0. The van der Waals surface area contributed by atoms with Crippen molar-refractivity contribution in [2.24, 2.45) is 0 Å². The molecule has 0 fully saturated rings. The van der Waals surface area contributed by atoms with Crippen molar-refractivity contribution in [1.29, 1.82) is 0 Å². The van der Waals surface area contributed by atoms with Crippen LogP contribution >= 0.6 is 27.7 Å². The lowest BCUT2D eigenvalue weighted by Crippen LogP contribution is -2.15. The van der Waals surface area contributed by atoms with Crippen molar-refractivity contribution in [1.82, 2.24) is 24.7 Å². The van der Waals surface area contributed by atoms with Gasteiger partial charge in [0.25, 0.3) is 0 Å². The molecule has 3 N–H and O–H groups in total. The Morgan fingerprint density at radius 3 is 2.66 bits per heavy atom. The summed E-state index contributed by atoms with van der Waals surface area (Å²) in [5, 5.41) is 11.9. The number of nitrogens with zero attached hydrogens (tertiary/aromatic N) is 3. The molecule has 8 nitrogen and oxygen atoms in total. The minimum absolute atomic E-state index is 0.181. The Balaban J connectivity index is 1.44. The summed E-state index contributed by atoms with van der Waals surface area (Å²) < 4.78 is 2.67. The molecule has 0 aliphatic heterocycles. The number of carbonyl (C=O) groups excluding carboxylic acids is 1. The molecule has 148 valence electrons. The molecule has 2 aromatic heterocycles. The Hall–Kier alpha value is -2.85. The van der Waals surface area contributed by atoms with E-state index >= 15 is 0 Å². The lowest BCUT2D eigenvalue weighted by molar-refractivity contribution is -0.113. The van der Waals surface area contributed by atoms with E-state index in [9.17, 15) is 9.59 Å². The number of H-pyrrole nitrogens is 2. The predicted molar refractivity (Wildman–Crippen MR) is 116 cm³/mol. The fourth-order valence-electron chi connectivity index (χ4n) is 2.88. The van der Waals surface area contributed by atoms with Gasteiger partial charge in [-0.3, -0.25) is 4.79 Å². The van der Waals surface area contributed by atoms with E-state index < -0.39 is 0 Å². The first kappa shape index (κ1) is 19.5. The average Bonchev–Trinajstić information content (AvgIpc) is 3.23. The van der Waals surface area contributed by atoms with Crippen LogP contribution in [0.3, 0.4) is 0 Å². The number of halogens is 1. The summed E-state index contributed by atoms with van der Waals surface area (Å²) in [5.74, 6) is 0.794. The van der Waals surface area contributed by atoms with Crippen LogP contribution in [0.15, 0.2) is 56.9 Å². The summed E-state index contributed by atoms with van der Waals surface area (Å²) in [6, 6.07) is 13.5. The number of thioether (sulfide) groups is 1. The van der Waals surface area contributed by atoms with Crippen molar-refractivity contribution in [3.05, 3.63) is 68.8 Å². The van der Waals surface area contributed by atoms with Gasteiger partial charge in [-0.05, 0) is 40.5 Å². The second-order valence-corrected chi connectivity index (χ2v) is 8.19. The van der Waals surface area contributed by atoms with Crippen LogP contribution in [0.2, 0.25) is 0 Å². The van der Waals surface area contributed by atoms with Gasteiger partial charge in [-0.25, -0.2) is 4.79 Å². The van der Waals surface area contributed by atoms with E-state index in [1.165, 1.54) is 11.8 Å². The van der Waals surface area contributed by atoms with Gasteiger partial charge >= 0.3 is 5.69 Å². The van der Waals surface area contributed by atoms with E-state index in [1.54, 1.807) is 12.1 Å². The van der Waals surface area contributed by atoms with Crippen LogP contribution in [-0.4, -0.2) is 36.4 Å². The molecular weight excluding hydrogens is 456 g/mol. The number of anilines is 1. The molecule has 0 aliphatic carbocycles. The molecule has 1 amide bonds. The molecule has 0 saturated carbocycles. The second kappa shape index (κ2) is 8.26. The standard InChI is InChI=1S/C19H17BrN6O2S/c1-11-24-25-19(26(11)9-12-5-3-2-4-6-12)29-10-17(27)21-14-8-16-15(7-13(14)20)22-18(28)23-16/h2-8H,9-10H2,1H3,(H,21,27)(H2,22,23,28). The number of imidazole rings is 1. The van der Waals surface area contributed by atoms with Gasteiger partial charge in [-0.1, -0.05) is 42.1 Å². The summed E-state index contributed by atoms with van der Waals surface area (Å²) in [5.41, 5.74) is 2.72. The van der Waals surface area contributed by atoms with Crippen LogP contribution in [0.4, 0.5) is 5.69 Å². The lowest BCUT2D eigenvalue weighted by atomic mass is 10.2. The minimum atomic E-state index is -0.293. The van der Waals surface area contributed by atoms with Crippen LogP contribution < -0.4 is 11.0 Å². The zero-order valence-corrected chi connectivity index (χ0v) is 17.8. The van der Waals surface area contributed by atoms with Gasteiger partial charge in [0.05, 0.1) is 29.0 Å². The highest BCUT2D eigenvalue weighted by Crippen LogP contribution is 2.27. The topological polar surface area (TPSA) is 108 Å². The molecule has 0 aliphatic rings.